The lowest BCUT2D eigenvalue weighted by Crippen LogP contribution is -2.58. The average Bonchev–Trinajstić information content (AvgIpc) is 3.94. The number of Topliss-reactive ketones (excluding diaryl/α,β-unsaturated/α-hetero) is 1. The van der Waals surface area contributed by atoms with Crippen LogP contribution >= 0.6 is 0 Å². The SMILES string of the molecule is CCCCC(NC(=O)CNC(=O)C(=O)C(CCC)NC(=O)[C@@H]1C[C@@H](OCOCCOC)CN1C(=O)C(NC(=O)CC1CC2CCC1C2)C1CCCCC1)C(N)=O. The molecule has 316 valence electrons. The molecule has 0 aromatic heterocycles. The Hall–Kier alpha value is -3.63. The molecule has 0 aromatic carbocycles. The Morgan fingerprint density at radius 1 is 0.821 bits per heavy atom. The number of fused-ring (bicyclic) bond motifs is 2. The molecule has 0 aromatic rings. The van der Waals surface area contributed by atoms with Gasteiger partial charge in [-0.1, -0.05) is 58.8 Å². The number of ether oxygens (including phenoxy) is 3. The van der Waals surface area contributed by atoms with E-state index >= 15 is 0 Å². The van der Waals surface area contributed by atoms with Gasteiger partial charge in [0.05, 0.1) is 31.9 Å². The number of likely N-dealkylation sites (tertiary alicyclic amines) is 1. The van der Waals surface area contributed by atoms with Gasteiger partial charge in [-0.2, -0.15) is 0 Å². The van der Waals surface area contributed by atoms with Crippen LogP contribution in [0.4, 0.5) is 0 Å². The number of unbranched alkanes of at least 4 members (excludes halogenated alkanes) is 1. The summed E-state index contributed by atoms with van der Waals surface area (Å²) in [7, 11) is 1.56. The van der Waals surface area contributed by atoms with Gasteiger partial charge in [-0.3, -0.25) is 33.6 Å². The summed E-state index contributed by atoms with van der Waals surface area (Å²) in [6.45, 7) is 3.81. The number of carbonyl (C=O) groups is 7. The van der Waals surface area contributed by atoms with Crippen LogP contribution in [-0.4, -0.2) is 117 Å². The van der Waals surface area contributed by atoms with Gasteiger partial charge in [0.25, 0.3) is 5.91 Å². The minimum atomic E-state index is -1.23. The summed E-state index contributed by atoms with van der Waals surface area (Å²) < 4.78 is 16.5. The normalized spacial score (nSPS) is 24.9. The molecule has 6 amide bonds. The van der Waals surface area contributed by atoms with E-state index in [1.807, 2.05) is 6.92 Å². The zero-order chi connectivity index (χ0) is 40.6. The van der Waals surface area contributed by atoms with Crippen molar-refractivity contribution in [1.82, 2.24) is 26.2 Å². The second kappa shape index (κ2) is 22.9. The fraction of sp³-hybridized carbons (Fsp3) is 0.825. The predicted molar refractivity (Wildman–Crippen MR) is 205 cm³/mol. The number of amides is 6. The topological polar surface area (TPSA) is 225 Å². The summed E-state index contributed by atoms with van der Waals surface area (Å²) in [5.41, 5.74) is 5.40. The van der Waals surface area contributed by atoms with E-state index in [-0.39, 0.29) is 43.9 Å². The van der Waals surface area contributed by atoms with E-state index in [1.54, 1.807) is 14.0 Å². The molecule has 4 aliphatic rings. The van der Waals surface area contributed by atoms with Crippen LogP contribution in [0.1, 0.15) is 117 Å². The second-order valence-electron chi connectivity index (χ2n) is 16.2. The highest BCUT2D eigenvalue weighted by Crippen LogP contribution is 2.49. The molecule has 6 unspecified atom stereocenters. The molecule has 1 aliphatic heterocycles. The molecule has 56 heavy (non-hydrogen) atoms. The maximum Gasteiger partial charge on any atom is 0.290 e. The van der Waals surface area contributed by atoms with E-state index in [0.29, 0.717) is 56.7 Å². The minimum Gasteiger partial charge on any atom is -0.382 e. The first-order valence-electron chi connectivity index (χ1n) is 20.9. The molecule has 4 fully saturated rings. The van der Waals surface area contributed by atoms with Gasteiger partial charge in [-0.25, -0.2) is 0 Å². The minimum absolute atomic E-state index is 0.0720. The molecule has 4 rings (SSSR count). The third-order valence-electron chi connectivity index (χ3n) is 12.1. The van der Waals surface area contributed by atoms with Crippen molar-refractivity contribution >= 4 is 41.2 Å². The highest BCUT2D eigenvalue weighted by Gasteiger charge is 2.46. The van der Waals surface area contributed by atoms with E-state index in [0.717, 1.165) is 51.4 Å². The van der Waals surface area contributed by atoms with Gasteiger partial charge >= 0.3 is 0 Å². The van der Waals surface area contributed by atoms with E-state index in [9.17, 15) is 33.6 Å². The van der Waals surface area contributed by atoms with Gasteiger partial charge < -0.3 is 46.1 Å². The molecule has 3 aliphatic carbocycles. The highest BCUT2D eigenvalue weighted by atomic mass is 16.7. The van der Waals surface area contributed by atoms with Crippen molar-refractivity contribution in [2.75, 3.05) is 40.2 Å². The number of ketones is 1. The van der Waals surface area contributed by atoms with Gasteiger partial charge in [-0.05, 0) is 68.6 Å². The summed E-state index contributed by atoms with van der Waals surface area (Å²) >= 11 is 0. The Morgan fingerprint density at radius 3 is 2.23 bits per heavy atom. The van der Waals surface area contributed by atoms with Crippen molar-refractivity contribution in [3.05, 3.63) is 0 Å². The van der Waals surface area contributed by atoms with Crippen LogP contribution in [0.2, 0.25) is 0 Å². The lowest BCUT2D eigenvalue weighted by Gasteiger charge is -2.35. The molecule has 0 radical (unpaired) electrons. The lowest BCUT2D eigenvalue weighted by atomic mass is 9.82. The number of carbonyl (C=O) groups excluding carboxylic acids is 7. The van der Waals surface area contributed by atoms with Crippen LogP contribution in [0.3, 0.4) is 0 Å². The molecule has 6 N–H and O–H groups in total. The Kier molecular flexibility index (Phi) is 18.5. The summed E-state index contributed by atoms with van der Waals surface area (Å²) in [4.78, 5) is 94.4. The first-order chi connectivity index (χ1) is 26.9. The molecule has 16 nitrogen and oxygen atoms in total. The molecule has 16 heteroatoms. The Labute approximate surface area is 331 Å². The zero-order valence-electron chi connectivity index (χ0n) is 33.7. The first-order valence-corrected chi connectivity index (χ1v) is 20.9. The van der Waals surface area contributed by atoms with Crippen molar-refractivity contribution in [2.45, 2.75) is 147 Å². The van der Waals surface area contributed by atoms with Crippen molar-refractivity contribution in [2.24, 2.45) is 29.4 Å². The fourth-order valence-corrected chi connectivity index (χ4v) is 9.05. The number of nitrogens with zero attached hydrogens (tertiary/aromatic N) is 1. The van der Waals surface area contributed by atoms with Gasteiger partial charge in [0, 0.05) is 26.5 Å². The number of hydrogen-bond acceptors (Lipinski definition) is 10. The van der Waals surface area contributed by atoms with Crippen LogP contribution in [0.25, 0.3) is 0 Å². The van der Waals surface area contributed by atoms with Gasteiger partial charge in [0.2, 0.25) is 35.3 Å². The summed E-state index contributed by atoms with van der Waals surface area (Å²) in [6.07, 6.45) is 11.4. The lowest BCUT2D eigenvalue weighted by molar-refractivity contribution is -0.145. The number of rotatable bonds is 24. The van der Waals surface area contributed by atoms with E-state index in [4.69, 9.17) is 19.9 Å². The van der Waals surface area contributed by atoms with Crippen LogP contribution < -0.4 is 27.0 Å². The quantitative estimate of drug-likeness (QED) is 0.0540. The smallest absolute Gasteiger partial charge is 0.290 e. The van der Waals surface area contributed by atoms with Crippen molar-refractivity contribution in [3.8, 4) is 0 Å². The fourth-order valence-electron chi connectivity index (χ4n) is 9.05. The van der Waals surface area contributed by atoms with Crippen LogP contribution in [0.5, 0.6) is 0 Å². The summed E-state index contributed by atoms with van der Waals surface area (Å²) in [6, 6.07) is -4.00. The van der Waals surface area contributed by atoms with Gasteiger partial charge in [0.1, 0.15) is 24.9 Å². The standard InChI is InChI=1S/C40H66N6O10/c1-4-6-13-31(37(41)50)43-34(48)22-42-39(52)36(49)30(10-5-2)44-38(51)32-21-29(56-24-55-17-16-54-3)23-46(32)40(53)35(26-11-8-7-9-12-26)45-33(47)20-28-19-25-14-15-27(28)18-25/h25-32,35H,4-24H2,1-3H3,(H2,41,50)(H,42,52)(H,43,48)(H,44,51)(H,45,47)/t25?,27?,28?,29-,30?,31?,32+,35?/m1/s1. The molecule has 3 saturated carbocycles. The summed E-state index contributed by atoms with van der Waals surface area (Å²) in [5, 5.41) is 10.6. The van der Waals surface area contributed by atoms with Crippen LogP contribution in [0, 0.1) is 23.7 Å². The largest absolute Gasteiger partial charge is 0.382 e. The highest BCUT2D eigenvalue weighted by molar-refractivity contribution is 6.38. The van der Waals surface area contributed by atoms with Gasteiger partial charge in [0.15, 0.2) is 0 Å². The van der Waals surface area contributed by atoms with Crippen molar-refractivity contribution in [1.29, 1.82) is 0 Å². The van der Waals surface area contributed by atoms with Crippen molar-refractivity contribution in [3.63, 3.8) is 0 Å². The van der Waals surface area contributed by atoms with Crippen LogP contribution in [-0.2, 0) is 47.8 Å². The van der Waals surface area contributed by atoms with E-state index < -0.39 is 66.2 Å². The Morgan fingerprint density at radius 2 is 1.59 bits per heavy atom. The molecular formula is C40H66N6O10. The molecule has 1 saturated heterocycles. The Balaban J connectivity index is 1.45. The molecule has 2 bridgehead atoms. The van der Waals surface area contributed by atoms with E-state index in [2.05, 4.69) is 21.3 Å². The first kappa shape index (κ1) is 45.1. The third kappa shape index (κ3) is 13.2. The number of methoxy groups -OCH3 is 1. The third-order valence-corrected chi connectivity index (χ3v) is 12.1. The number of nitrogens with one attached hydrogen (secondary N) is 4. The molecule has 1 heterocycles. The number of hydrogen-bond donors (Lipinski definition) is 5. The monoisotopic (exact) mass is 790 g/mol. The molecular weight excluding hydrogens is 724 g/mol. The maximum absolute atomic E-state index is 14.6. The second-order valence-corrected chi connectivity index (χ2v) is 16.2. The zero-order valence-corrected chi connectivity index (χ0v) is 33.7. The molecule has 8 atom stereocenters. The Bertz CT molecular complexity index is 1360. The average molecular weight is 791 g/mol. The maximum atomic E-state index is 14.6. The summed E-state index contributed by atoms with van der Waals surface area (Å²) in [5.74, 6) is -3.03. The van der Waals surface area contributed by atoms with Crippen LogP contribution in [0.15, 0.2) is 0 Å². The van der Waals surface area contributed by atoms with E-state index in [1.165, 1.54) is 17.7 Å². The number of nitrogens with two attached hydrogens (primary N) is 1. The number of primary amides is 1. The van der Waals surface area contributed by atoms with Gasteiger partial charge in [-0.15, -0.1) is 0 Å². The predicted octanol–water partition coefficient (Wildman–Crippen LogP) is 1.61. The van der Waals surface area contributed by atoms with Crippen molar-refractivity contribution < 1.29 is 47.8 Å². The molecule has 0 spiro atoms.